The Kier molecular flexibility index (Phi) is 5.54. The minimum atomic E-state index is 0.140. The maximum absolute atomic E-state index is 12.6. The molecule has 0 aliphatic carbocycles. The molecule has 0 spiro atoms. The average molecular weight is 351 g/mol. The Morgan fingerprint density at radius 3 is 2.65 bits per heavy atom. The molecule has 1 aliphatic heterocycles. The molecule has 3 nitrogen and oxygen atoms in total. The summed E-state index contributed by atoms with van der Waals surface area (Å²) >= 11 is 7.85. The molecule has 1 amide bonds. The van der Waals surface area contributed by atoms with Gasteiger partial charge in [-0.05, 0) is 25.0 Å². The molecule has 5 heteroatoms. The van der Waals surface area contributed by atoms with Crippen LogP contribution in [0.25, 0.3) is 10.2 Å². The van der Waals surface area contributed by atoms with E-state index in [4.69, 9.17) is 11.6 Å². The molecule has 1 saturated heterocycles. The number of amides is 1. The Morgan fingerprint density at radius 2 is 1.96 bits per heavy atom. The lowest BCUT2D eigenvalue weighted by molar-refractivity contribution is -0.131. The lowest BCUT2D eigenvalue weighted by Crippen LogP contribution is -2.34. The van der Waals surface area contributed by atoms with Crippen LogP contribution in [0.15, 0.2) is 18.2 Å². The topological polar surface area (TPSA) is 33.2 Å². The van der Waals surface area contributed by atoms with Crippen molar-refractivity contribution in [3.8, 4) is 0 Å². The van der Waals surface area contributed by atoms with Gasteiger partial charge in [-0.25, -0.2) is 4.98 Å². The second-order valence-corrected chi connectivity index (χ2v) is 7.86. The normalized spacial score (nSPS) is 17.7. The van der Waals surface area contributed by atoms with Crippen LogP contribution in [0.1, 0.15) is 56.4 Å². The highest BCUT2D eigenvalue weighted by molar-refractivity contribution is 7.18. The van der Waals surface area contributed by atoms with Crippen molar-refractivity contribution in [2.24, 2.45) is 0 Å². The molecule has 1 fully saturated rings. The van der Waals surface area contributed by atoms with E-state index in [-0.39, 0.29) is 11.8 Å². The fourth-order valence-corrected chi connectivity index (χ4v) is 4.44. The van der Waals surface area contributed by atoms with Crippen molar-refractivity contribution in [3.05, 3.63) is 28.2 Å². The maximum Gasteiger partial charge on any atom is 0.223 e. The fraction of sp³-hybridized carbons (Fsp3) is 0.556. The number of thiazole rings is 1. The molecule has 1 aromatic heterocycles. The average Bonchev–Trinajstić information content (AvgIpc) is 2.92. The van der Waals surface area contributed by atoms with E-state index < -0.39 is 0 Å². The van der Waals surface area contributed by atoms with E-state index in [0.29, 0.717) is 11.4 Å². The Labute approximate surface area is 146 Å². The first kappa shape index (κ1) is 16.7. The van der Waals surface area contributed by atoms with E-state index >= 15 is 0 Å². The predicted octanol–water partition coefficient (Wildman–Crippen LogP) is 5.24. The monoisotopic (exact) mass is 350 g/mol. The molecule has 124 valence electrons. The van der Waals surface area contributed by atoms with Crippen molar-refractivity contribution in [1.82, 2.24) is 9.88 Å². The van der Waals surface area contributed by atoms with Crippen molar-refractivity contribution in [1.29, 1.82) is 0 Å². The highest BCUT2D eigenvalue weighted by Crippen LogP contribution is 2.33. The number of hydrogen-bond acceptors (Lipinski definition) is 3. The smallest absolute Gasteiger partial charge is 0.223 e. The summed E-state index contributed by atoms with van der Waals surface area (Å²) in [6.07, 6.45) is 6.61. The van der Waals surface area contributed by atoms with E-state index in [1.165, 1.54) is 19.3 Å². The Balaban J connectivity index is 1.68. The molecule has 0 radical (unpaired) electrons. The number of carbonyl (C=O) groups is 1. The number of rotatable bonds is 3. The summed E-state index contributed by atoms with van der Waals surface area (Å²) in [4.78, 5) is 19.3. The van der Waals surface area contributed by atoms with Crippen molar-refractivity contribution < 1.29 is 4.79 Å². The summed E-state index contributed by atoms with van der Waals surface area (Å²) in [5.41, 5.74) is 0.861. The van der Waals surface area contributed by atoms with Gasteiger partial charge in [-0.15, -0.1) is 11.3 Å². The first-order valence-electron chi connectivity index (χ1n) is 8.48. The number of carbonyl (C=O) groups excluding carboxylic acids is 1. The van der Waals surface area contributed by atoms with Crippen LogP contribution in [0, 0.1) is 0 Å². The minimum Gasteiger partial charge on any atom is -0.343 e. The largest absolute Gasteiger partial charge is 0.343 e. The van der Waals surface area contributed by atoms with E-state index in [2.05, 4.69) is 16.8 Å². The lowest BCUT2D eigenvalue weighted by atomic mass is 10.1. The van der Waals surface area contributed by atoms with Gasteiger partial charge in [0.1, 0.15) is 5.52 Å². The van der Waals surface area contributed by atoms with Crippen LogP contribution in [0.5, 0.6) is 0 Å². The van der Waals surface area contributed by atoms with Crippen LogP contribution >= 0.6 is 22.9 Å². The van der Waals surface area contributed by atoms with Crippen LogP contribution in [-0.4, -0.2) is 28.9 Å². The second-order valence-electron chi connectivity index (χ2n) is 6.39. The predicted molar refractivity (Wildman–Crippen MR) is 97.3 cm³/mol. The number of halogens is 1. The van der Waals surface area contributed by atoms with Gasteiger partial charge < -0.3 is 4.90 Å². The van der Waals surface area contributed by atoms with Crippen LogP contribution in [0.4, 0.5) is 0 Å². The zero-order valence-corrected chi connectivity index (χ0v) is 15.1. The Morgan fingerprint density at radius 1 is 1.26 bits per heavy atom. The molecule has 1 unspecified atom stereocenters. The van der Waals surface area contributed by atoms with Gasteiger partial charge in [-0.3, -0.25) is 4.79 Å². The summed E-state index contributed by atoms with van der Waals surface area (Å²) < 4.78 is 1.10. The number of hydrogen-bond donors (Lipinski definition) is 0. The molecule has 2 aromatic rings. The number of likely N-dealkylation sites (tertiary alicyclic amines) is 1. The van der Waals surface area contributed by atoms with Gasteiger partial charge in [0.05, 0.1) is 14.7 Å². The van der Waals surface area contributed by atoms with Crippen molar-refractivity contribution in [2.45, 2.75) is 51.4 Å². The Bertz CT molecular complexity index is 677. The van der Waals surface area contributed by atoms with Gasteiger partial charge in [0.15, 0.2) is 0 Å². The molecule has 3 rings (SSSR count). The van der Waals surface area contributed by atoms with E-state index in [9.17, 15) is 4.79 Å². The van der Waals surface area contributed by atoms with Crippen molar-refractivity contribution in [3.63, 3.8) is 0 Å². The van der Waals surface area contributed by atoms with Gasteiger partial charge in [0, 0.05) is 25.4 Å². The van der Waals surface area contributed by atoms with Gasteiger partial charge >= 0.3 is 0 Å². The third-order valence-corrected chi connectivity index (χ3v) is 6.05. The highest BCUT2D eigenvalue weighted by atomic mass is 35.5. The number of para-hydroxylation sites is 1. The molecule has 1 aliphatic rings. The van der Waals surface area contributed by atoms with Gasteiger partial charge in [0.25, 0.3) is 0 Å². The number of benzene rings is 1. The zero-order valence-electron chi connectivity index (χ0n) is 13.6. The van der Waals surface area contributed by atoms with Crippen LogP contribution in [-0.2, 0) is 4.79 Å². The van der Waals surface area contributed by atoms with Crippen LogP contribution < -0.4 is 0 Å². The van der Waals surface area contributed by atoms with E-state index in [1.54, 1.807) is 11.3 Å². The van der Waals surface area contributed by atoms with E-state index in [1.807, 2.05) is 18.2 Å². The third-order valence-electron chi connectivity index (χ3n) is 4.50. The highest BCUT2D eigenvalue weighted by Gasteiger charge is 2.20. The molecule has 0 saturated carbocycles. The molecule has 1 aromatic carbocycles. The zero-order chi connectivity index (χ0) is 16.2. The van der Waals surface area contributed by atoms with Crippen molar-refractivity contribution >= 4 is 39.1 Å². The number of fused-ring (bicyclic) bond motifs is 1. The summed E-state index contributed by atoms with van der Waals surface area (Å²) in [5, 5.41) is 1.70. The van der Waals surface area contributed by atoms with Crippen LogP contribution in [0.3, 0.4) is 0 Å². The minimum absolute atomic E-state index is 0.140. The quantitative estimate of drug-likeness (QED) is 0.758. The molecular formula is C18H23ClN2OS. The Hall–Kier alpha value is -1.13. The molecule has 1 atom stereocenters. The van der Waals surface area contributed by atoms with E-state index in [0.717, 1.165) is 41.2 Å². The summed E-state index contributed by atoms with van der Waals surface area (Å²) in [6.45, 7) is 3.92. The molecule has 23 heavy (non-hydrogen) atoms. The molecular weight excluding hydrogens is 328 g/mol. The maximum atomic E-state index is 12.6. The second kappa shape index (κ2) is 7.63. The third kappa shape index (κ3) is 4.04. The molecule has 0 bridgehead atoms. The summed E-state index contributed by atoms with van der Waals surface area (Å²) in [6, 6.07) is 5.85. The molecule has 2 heterocycles. The lowest BCUT2D eigenvalue weighted by Gasteiger charge is -2.25. The van der Waals surface area contributed by atoms with Gasteiger partial charge in [0.2, 0.25) is 5.91 Å². The fourth-order valence-electron chi connectivity index (χ4n) is 3.12. The number of aromatic nitrogens is 1. The standard InChI is InChI=1S/C18H23ClN2OS/c1-13(12-16(22)21-10-5-3-2-4-6-11-21)18-20-17-14(19)8-7-9-15(17)23-18/h7-9,13H,2-6,10-12H2,1H3. The SMILES string of the molecule is CC(CC(=O)N1CCCCCCC1)c1nc2c(Cl)cccc2s1. The summed E-state index contributed by atoms with van der Waals surface area (Å²) in [5.74, 6) is 0.408. The first-order valence-corrected chi connectivity index (χ1v) is 9.67. The van der Waals surface area contributed by atoms with Crippen molar-refractivity contribution in [2.75, 3.05) is 13.1 Å². The van der Waals surface area contributed by atoms with Crippen LogP contribution in [0.2, 0.25) is 5.02 Å². The first-order chi connectivity index (χ1) is 11.1. The number of nitrogens with zero attached hydrogens (tertiary/aromatic N) is 2. The molecule has 0 N–H and O–H groups in total. The van der Waals surface area contributed by atoms with Gasteiger partial charge in [-0.2, -0.15) is 0 Å². The van der Waals surface area contributed by atoms with Gasteiger partial charge in [-0.1, -0.05) is 43.9 Å². The summed E-state index contributed by atoms with van der Waals surface area (Å²) in [7, 11) is 0.